The van der Waals surface area contributed by atoms with E-state index in [9.17, 15) is 0 Å². The molecule has 1 aromatic heterocycles. The Bertz CT molecular complexity index is 668. The van der Waals surface area contributed by atoms with Crippen LogP contribution in [0.5, 0.6) is 11.5 Å². The Hall–Kier alpha value is -2.08. The molecule has 0 amide bonds. The second kappa shape index (κ2) is 5.96. The molecule has 0 bridgehead atoms. The lowest BCUT2D eigenvalue weighted by atomic mass is 9.97. The highest BCUT2D eigenvalue weighted by Crippen LogP contribution is 2.34. The van der Waals surface area contributed by atoms with Gasteiger partial charge in [0.25, 0.3) is 0 Å². The molecule has 0 radical (unpaired) electrons. The Labute approximate surface area is 130 Å². The molecular weight excluding hydrogens is 280 g/mol. The predicted molar refractivity (Wildman–Crippen MR) is 83.9 cm³/mol. The summed E-state index contributed by atoms with van der Waals surface area (Å²) in [6, 6.07) is 5.78. The molecule has 2 atom stereocenters. The Kier molecular flexibility index (Phi) is 4.02. The van der Waals surface area contributed by atoms with Gasteiger partial charge in [-0.05, 0) is 37.5 Å². The van der Waals surface area contributed by atoms with Crippen LogP contribution in [0.15, 0.2) is 18.2 Å². The maximum absolute atomic E-state index is 6.18. The summed E-state index contributed by atoms with van der Waals surface area (Å²) < 4.78 is 13.1. The number of nitrogens with zero attached hydrogens (tertiary/aromatic N) is 3. The lowest BCUT2D eigenvalue weighted by molar-refractivity contribution is 0.311. The molecule has 1 aliphatic rings. The number of methoxy groups -OCH3 is 1. The highest BCUT2D eigenvalue weighted by molar-refractivity contribution is 5.61. The van der Waals surface area contributed by atoms with E-state index < -0.39 is 0 Å². The molecule has 2 heterocycles. The van der Waals surface area contributed by atoms with E-state index in [-0.39, 0.29) is 6.04 Å². The van der Waals surface area contributed by atoms with Crippen molar-refractivity contribution in [3.8, 4) is 22.9 Å². The van der Waals surface area contributed by atoms with E-state index in [0.29, 0.717) is 18.3 Å². The Morgan fingerprint density at radius 3 is 2.86 bits per heavy atom. The summed E-state index contributed by atoms with van der Waals surface area (Å²) in [7, 11) is 1.64. The molecular formula is C16H22N4O2. The van der Waals surface area contributed by atoms with Crippen LogP contribution in [-0.4, -0.2) is 28.5 Å². The van der Waals surface area contributed by atoms with Crippen molar-refractivity contribution in [1.29, 1.82) is 0 Å². The van der Waals surface area contributed by atoms with E-state index in [2.05, 4.69) is 21.7 Å². The molecule has 1 aromatic carbocycles. The third-order valence-corrected chi connectivity index (χ3v) is 3.98. The third-order valence-electron chi connectivity index (χ3n) is 3.98. The standard InChI is InChI=1S/C16H22N4O2/c1-4-22-13-6-5-11(8-14(13)21-3)15-18-19-16-12(17)7-10(2)9-20(15)16/h5-6,8,10,12H,4,7,9,17H2,1-3H3. The van der Waals surface area contributed by atoms with Crippen molar-refractivity contribution in [3.63, 3.8) is 0 Å². The number of ether oxygens (including phenoxy) is 2. The molecule has 2 aromatic rings. The topological polar surface area (TPSA) is 75.2 Å². The number of hydrogen-bond donors (Lipinski definition) is 1. The number of benzene rings is 1. The Morgan fingerprint density at radius 2 is 2.14 bits per heavy atom. The first-order valence-corrected chi connectivity index (χ1v) is 7.64. The fraction of sp³-hybridized carbons (Fsp3) is 0.500. The highest BCUT2D eigenvalue weighted by atomic mass is 16.5. The van der Waals surface area contributed by atoms with Crippen LogP contribution >= 0.6 is 0 Å². The van der Waals surface area contributed by atoms with E-state index in [4.69, 9.17) is 15.2 Å². The summed E-state index contributed by atoms with van der Waals surface area (Å²) in [4.78, 5) is 0. The quantitative estimate of drug-likeness (QED) is 0.938. The number of rotatable bonds is 4. The number of nitrogens with two attached hydrogens (primary N) is 1. The summed E-state index contributed by atoms with van der Waals surface area (Å²) in [5, 5.41) is 8.62. The molecule has 118 valence electrons. The van der Waals surface area contributed by atoms with E-state index in [0.717, 1.165) is 35.9 Å². The van der Waals surface area contributed by atoms with Gasteiger partial charge in [-0.15, -0.1) is 10.2 Å². The summed E-state index contributed by atoms with van der Waals surface area (Å²) in [5.74, 6) is 3.64. The van der Waals surface area contributed by atoms with Gasteiger partial charge in [-0.3, -0.25) is 0 Å². The molecule has 2 N–H and O–H groups in total. The first kappa shape index (κ1) is 14.8. The van der Waals surface area contributed by atoms with Crippen molar-refractivity contribution >= 4 is 0 Å². The maximum atomic E-state index is 6.18. The van der Waals surface area contributed by atoms with Crippen molar-refractivity contribution in [3.05, 3.63) is 24.0 Å². The molecule has 0 aliphatic carbocycles. The number of aromatic nitrogens is 3. The van der Waals surface area contributed by atoms with Crippen molar-refractivity contribution in [2.24, 2.45) is 11.7 Å². The zero-order valence-electron chi connectivity index (χ0n) is 13.2. The van der Waals surface area contributed by atoms with Crippen LogP contribution in [-0.2, 0) is 6.54 Å². The van der Waals surface area contributed by atoms with Gasteiger partial charge in [-0.2, -0.15) is 0 Å². The molecule has 0 saturated heterocycles. The summed E-state index contributed by atoms with van der Waals surface area (Å²) in [6.45, 7) is 5.64. The molecule has 0 saturated carbocycles. The fourth-order valence-electron chi connectivity index (χ4n) is 2.99. The van der Waals surface area contributed by atoms with Crippen molar-refractivity contribution < 1.29 is 9.47 Å². The van der Waals surface area contributed by atoms with Crippen LogP contribution in [0.4, 0.5) is 0 Å². The van der Waals surface area contributed by atoms with Crippen LogP contribution in [0.25, 0.3) is 11.4 Å². The van der Waals surface area contributed by atoms with Crippen LogP contribution in [0.3, 0.4) is 0 Å². The average molecular weight is 302 g/mol. The largest absolute Gasteiger partial charge is 0.493 e. The minimum atomic E-state index is -0.0467. The van der Waals surface area contributed by atoms with Gasteiger partial charge in [0.15, 0.2) is 17.3 Å². The highest BCUT2D eigenvalue weighted by Gasteiger charge is 2.27. The van der Waals surface area contributed by atoms with Crippen molar-refractivity contribution in [1.82, 2.24) is 14.8 Å². The van der Waals surface area contributed by atoms with Crippen molar-refractivity contribution in [2.75, 3.05) is 13.7 Å². The Balaban J connectivity index is 2.02. The summed E-state index contributed by atoms with van der Waals surface area (Å²) in [6.07, 6.45) is 0.949. The smallest absolute Gasteiger partial charge is 0.164 e. The Morgan fingerprint density at radius 1 is 1.32 bits per heavy atom. The lowest BCUT2D eigenvalue weighted by Gasteiger charge is -2.25. The molecule has 2 unspecified atom stereocenters. The van der Waals surface area contributed by atoms with Gasteiger partial charge in [0.2, 0.25) is 0 Å². The monoisotopic (exact) mass is 302 g/mol. The first-order valence-electron chi connectivity index (χ1n) is 7.64. The maximum Gasteiger partial charge on any atom is 0.164 e. The third kappa shape index (κ3) is 2.54. The minimum Gasteiger partial charge on any atom is -0.493 e. The van der Waals surface area contributed by atoms with E-state index in [1.807, 2.05) is 25.1 Å². The van der Waals surface area contributed by atoms with Gasteiger partial charge in [0, 0.05) is 12.1 Å². The van der Waals surface area contributed by atoms with Gasteiger partial charge < -0.3 is 19.8 Å². The van der Waals surface area contributed by atoms with E-state index in [1.54, 1.807) is 7.11 Å². The lowest BCUT2D eigenvalue weighted by Crippen LogP contribution is -2.27. The molecule has 6 nitrogen and oxygen atoms in total. The molecule has 0 fully saturated rings. The van der Waals surface area contributed by atoms with Gasteiger partial charge in [-0.1, -0.05) is 6.92 Å². The van der Waals surface area contributed by atoms with Gasteiger partial charge in [-0.25, -0.2) is 0 Å². The van der Waals surface area contributed by atoms with E-state index in [1.165, 1.54) is 0 Å². The van der Waals surface area contributed by atoms with Gasteiger partial charge in [0.1, 0.15) is 5.82 Å². The number of fused-ring (bicyclic) bond motifs is 1. The second-order valence-electron chi connectivity index (χ2n) is 5.74. The molecule has 22 heavy (non-hydrogen) atoms. The zero-order chi connectivity index (χ0) is 15.7. The van der Waals surface area contributed by atoms with Gasteiger partial charge >= 0.3 is 0 Å². The number of hydrogen-bond acceptors (Lipinski definition) is 5. The van der Waals surface area contributed by atoms with Crippen LogP contribution in [0.1, 0.15) is 32.1 Å². The normalized spacial score (nSPS) is 20.5. The van der Waals surface area contributed by atoms with Crippen LogP contribution in [0, 0.1) is 5.92 Å². The average Bonchev–Trinajstić information content (AvgIpc) is 2.92. The fourth-order valence-corrected chi connectivity index (χ4v) is 2.99. The van der Waals surface area contributed by atoms with E-state index >= 15 is 0 Å². The first-order chi connectivity index (χ1) is 10.6. The zero-order valence-corrected chi connectivity index (χ0v) is 13.2. The predicted octanol–water partition coefficient (Wildman–Crippen LogP) is 2.39. The van der Waals surface area contributed by atoms with Crippen molar-refractivity contribution in [2.45, 2.75) is 32.9 Å². The summed E-state index contributed by atoms with van der Waals surface area (Å²) >= 11 is 0. The minimum absolute atomic E-state index is 0.0467. The van der Waals surface area contributed by atoms with Crippen LogP contribution < -0.4 is 15.2 Å². The van der Waals surface area contributed by atoms with Gasteiger partial charge in [0.05, 0.1) is 19.8 Å². The van der Waals surface area contributed by atoms with Crippen LogP contribution in [0.2, 0.25) is 0 Å². The molecule has 1 aliphatic heterocycles. The molecule has 0 spiro atoms. The second-order valence-corrected chi connectivity index (χ2v) is 5.74. The molecule has 6 heteroatoms. The SMILES string of the molecule is CCOc1ccc(-c2nnc3n2CC(C)CC3N)cc1OC. The summed E-state index contributed by atoms with van der Waals surface area (Å²) in [5.41, 5.74) is 7.14. The molecule has 3 rings (SSSR count).